The van der Waals surface area contributed by atoms with Crippen LogP contribution < -0.4 is 0 Å². The van der Waals surface area contributed by atoms with Crippen LogP contribution in [0.25, 0.3) is 0 Å². The molecule has 0 aromatic rings. The monoisotopic (exact) mass is 230 g/mol. The SMILES string of the molecule is O=[PH](O)OCC=C(C=CF)[SH](=O)=O. The molecule has 0 aliphatic carbocycles. The molecule has 0 amide bonds. The minimum atomic E-state index is -3.08. The molecule has 0 radical (unpaired) electrons. The number of rotatable bonds is 5. The molecular weight excluding hydrogens is 222 g/mol. The minimum absolute atomic E-state index is 0.0545. The molecule has 0 spiro atoms. The average molecular weight is 230 g/mol. The highest BCUT2D eigenvalue weighted by atomic mass is 32.2. The maximum atomic E-state index is 11.6. The quantitative estimate of drug-likeness (QED) is 0.405. The van der Waals surface area contributed by atoms with Crippen molar-refractivity contribution in [2.75, 3.05) is 6.61 Å². The van der Waals surface area contributed by atoms with Gasteiger partial charge in [-0.15, -0.1) is 0 Å². The summed E-state index contributed by atoms with van der Waals surface area (Å²) in [5.74, 6) is 0. The summed E-state index contributed by atoms with van der Waals surface area (Å²) in [6, 6.07) is 0. The van der Waals surface area contributed by atoms with Crippen molar-refractivity contribution in [2.24, 2.45) is 0 Å². The van der Waals surface area contributed by atoms with Crippen molar-refractivity contribution in [2.45, 2.75) is 0 Å². The zero-order valence-electron chi connectivity index (χ0n) is 6.34. The van der Waals surface area contributed by atoms with Crippen LogP contribution in [0, 0.1) is 0 Å². The normalized spacial score (nSPS) is 15.5. The van der Waals surface area contributed by atoms with Crippen molar-refractivity contribution in [3.63, 3.8) is 0 Å². The lowest BCUT2D eigenvalue weighted by atomic mass is 10.5. The number of thiol groups is 1. The Hall–Kier alpha value is -0.490. The van der Waals surface area contributed by atoms with Gasteiger partial charge in [0.05, 0.1) is 17.8 Å². The molecule has 8 heteroatoms. The molecule has 0 aromatic heterocycles. The highest BCUT2D eigenvalue weighted by Crippen LogP contribution is 2.14. The second-order valence-corrected chi connectivity index (χ2v) is 3.61. The standard InChI is InChI=1S/C5H8FO5PS/c6-3-1-5(13(9)10)2-4-11-12(7)8/h1-3,12-13H,4H2,(H,7,8). The first-order valence-electron chi connectivity index (χ1n) is 3.05. The van der Waals surface area contributed by atoms with Crippen molar-refractivity contribution in [3.05, 3.63) is 23.4 Å². The lowest BCUT2D eigenvalue weighted by Gasteiger charge is -1.93. The van der Waals surface area contributed by atoms with Crippen LogP contribution in [0.4, 0.5) is 4.39 Å². The zero-order chi connectivity index (χ0) is 10.3. The number of hydrogen-bond acceptors (Lipinski definition) is 4. The molecule has 0 aromatic carbocycles. The van der Waals surface area contributed by atoms with Gasteiger partial charge < -0.3 is 9.42 Å². The van der Waals surface area contributed by atoms with Crippen LogP contribution in [0.3, 0.4) is 0 Å². The Morgan fingerprint density at radius 3 is 2.62 bits per heavy atom. The molecule has 0 aliphatic heterocycles. The topological polar surface area (TPSA) is 80.7 Å². The van der Waals surface area contributed by atoms with Crippen molar-refractivity contribution < 1.29 is 26.8 Å². The predicted octanol–water partition coefficient (Wildman–Crippen LogP) is 0.364. The van der Waals surface area contributed by atoms with Gasteiger partial charge >= 0.3 is 8.25 Å². The van der Waals surface area contributed by atoms with E-state index in [0.717, 1.165) is 6.08 Å². The van der Waals surface area contributed by atoms with E-state index in [9.17, 15) is 17.4 Å². The third-order valence-electron chi connectivity index (χ3n) is 0.944. The zero-order valence-corrected chi connectivity index (χ0v) is 8.24. The van der Waals surface area contributed by atoms with E-state index in [4.69, 9.17) is 4.89 Å². The highest BCUT2D eigenvalue weighted by Gasteiger charge is 1.95. The summed E-state index contributed by atoms with van der Waals surface area (Å²) in [4.78, 5) is 7.88. The van der Waals surface area contributed by atoms with Crippen molar-refractivity contribution >= 4 is 19.0 Å². The molecule has 0 heterocycles. The van der Waals surface area contributed by atoms with Gasteiger partial charge in [-0.1, -0.05) is 0 Å². The second kappa shape index (κ2) is 6.97. The van der Waals surface area contributed by atoms with Gasteiger partial charge in [-0.25, -0.2) is 12.8 Å². The lowest BCUT2D eigenvalue weighted by molar-refractivity contribution is 0.312. The Kier molecular flexibility index (Phi) is 6.70. The summed E-state index contributed by atoms with van der Waals surface area (Å²) in [6.45, 7) is -0.350. The minimum Gasteiger partial charge on any atom is -0.326 e. The molecule has 0 fully saturated rings. The molecule has 0 saturated heterocycles. The summed E-state index contributed by atoms with van der Waals surface area (Å²) < 4.78 is 46.4. The van der Waals surface area contributed by atoms with E-state index in [1.807, 2.05) is 0 Å². The largest absolute Gasteiger partial charge is 0.326 e. The van der Waals surface area contributed by atoms with E-state index in [-0.39, 0.29) is 17.8 Å². The summed E-state index contributed by atoms with van der Waals surface area (Å²) in [5.41, 5.74) is 0. The second-order valence-electron chi connectivity index (χ2n) is 1.76. The van der Waals surface area contributed by atoms with Crippen LogP contribution in [0.5, 0.6) is 0 Å². The molecule has 0 bridgehead atoms. The lowest BCUT2D eigenvalue weighted by Crippen LogP contribution is -1.86. The predicted molar refractivity (Wildman–Crippen MR) is 45.8 cm³/mol. The van der Waals surface area contributed by atoms with Crippen molar-refractivity contribution in [3.8, 4) is 0 Å². The molecule has 0 aliphatic rings. The smallest absolute Gasteiger partial charge is 0.316 e. The van der Waals surface area contributed by atoms with Gasteiger partial charge in [0, 0.05) is 0 Å². The van der Waals surface area contributed by atoms with Gasteiger partial charge in [-0.2, -0.15) is 0 Å². The third kappa shape index (κ3) is 6.65. The fourth-order valence-corrected chi connectivity index (χ4v) is 1.09. The van der Waals surface area contributed by atoms with E-state index in [2.05, 4.69) is 4.52 Å². The first kappa shape index (κ1) is 12.5. The van der Waals surface area contributed by atoms with Crippen LogP contribution in [0.15, 0.2) is 23.4 Å². The fraction of sp³-hybridized carbons (Fsp3) is 0.200. The Labute approximate surface area is 76.4 Å². The Morgan fingerprint density at radius 2 is 2.23 bits per heavy atom. The number of hydrogen-bond donors (Lipinski definition) is 2. The van der Waals surface area contributed by atoms with E-state index in [1.165, 1.54) is 0 Å². The molecule has 76 valence electrons. The van der Waals surface area contributed by atoms with E-state index in [1.54, 1.807) is 0 Å². The highest BCUT2D eigenvalue weighted by molar-refractivity contribution is 7.77. The van der Waals surface area contributed by atoms with Gasteiger partial charge in [0.15, 0.2) is 10.7 Å². The van der Waals surface area contributed by atoms with Gasteiger partial charge in [0.25, 0.3) is 0 Å². The van der Waals surface area contributed by atoms with Gasteiger partial charge in [-0.3, -0.25) is 4.57 Å². The Morgan fingerprint density at radius 1 is 1.62 bits per heavy atom. The molecule has 13 heavy (non-hydrogen) atoms. The molecule has 1 atom stereocenters. The molecule has 1 unspecified atom stereocenters. The van der Waals surface area contributed by atoms with E-state index >= 15 is 0 Å². The van der Waals surface area contributed by atoms with Crippen LogP contribution >= 0.6 is 8.25 Å². The maximum absolute atomic E-state index is 11.6. The molecule has 1 N–H and O–H groups in total. The third-order valence-corrected chi connectivity index (χ3v) is 2.11. The van der Waals surface area contributed by atoms with Gasteiger partial charge in [0.2, 0.25) is 0 Å². The molecule has 5 nitrogen and oxygen atoms in total. The number of allylic oxidation sites excluding steroid dienone is 1. The molecular formula is C5H8FO5PS. The molecule has 0 saturated carbocycles. The van der Waals surface area contributed by atoms with E-state index in [0.29, 0.717) is 6.08 Å². The summed E-state index contributed by atoms with van der Waals surface area (Å²) in [6.07, 6.45) is 1.75. The van der Waals surface area contributed by atoms with Gasteiger partial charge in [-0.05, 0) is 12.2 Å². The molecule has 0 rings (SSSR count). The van der Waals surface area contributed by atoms with Crippen LogP contribution in [-0.4, -0.2) is 19.9 Å². The van der Waals surface area contributed by atoms with Crippen LogP contribution in [-0.2, 0) is 19.8 Å². The fourth-order valence-electron chi connectivity index (χ4n) is 0.466. The summed E-state index contributed by atoms with van der Waals surface area (Å²) in [7, 11) is -6.00. The summed E-state index contributed by atoms with van der Waals surface area (Å²) in [5, 5.41) is 0. The van der Waals surface area contributed by atoms with Crippen LogP contribution in [0.1, 0.15) is 0 Å². The van der Waals surface area contributed by atoms with Gasteiger partial charge in [0.1, 0.15) is 0 Å². The first-order valence-corrected chi connectivity index (χ1v) is 5.49. The number of halogens is 1. The van der Waals surface area contributed by atoms with E-state index < -0.39 is 19.0 Å². The van der Waals surface area contributed by atoms with Crippen LogP contribution in [0.2, 0.25) is 0 Å². The van der Waals surface area contributed by atoms with Crippen molar-refractivity contribution in [1.82, 2.24) is 0 Å². The maximum Gasteiger partial charge on any atom is 0.316 e. The Bertz CT molecular complexity index is 300. The first-order chi connectivity index (χ1) is 6.07. The average Bonchev–Trinajstić information content (AvgIpc) is 2.02. The summed E-state index contributed by atoms with van der Waals surface area (Å²) >= 11 is 0. The Balaban J connectivity index is 4.29. The van der Waals surface area contributed by atoms with Crippen molar-refractivity contribution in [1.29, 1.82) is 0 Å².